The number of carboxylic acid groups (broad SMARTS) is 1. The molecule has 1 saturated heterocycles. The Balaban J connectivity index is 2.41. The number of hydrogen-bond donors (Lipinski definition) is 1. The smallest absolute Gasteiger partial charge is 0.407 e. The molecule has 0 aromatic rings. The molecule has 4 nitrogen and oxygen atoms in total. The maximum atomic E-state index is 10.6. The van der Waals surface area contributed by atoms with Crippen molar-refractivity contribution >= 4 is 17.7 Å². The second-order valence-corrected chi connectivity index (χ2v) is 3.68. The van der Waals surface area contributed by atoms with Gasteiger partial charge in [0.25, 0.3) is 0 Å². The van der Waals surface area contributed by atoms with Crippen LogP contribution in [0.25, 0.3) is 0 Å². The van der Waals surface area contributed by atoms with E-state index in [0.29, 0.717) is 19.0 Å². The zero-order valence-electron chi connectivity index (χ0n) is 7.74. The monoisotopic (exact) mass is 206 g/mol. The number of piperazine rings is 1. The van der Waals surface area contributed by atoms with Gasteiger partial charge in [-0.3, -0.25) is 4.90 Å². The first-order valence-electron chi connectivity index (χ1n) is 4.43. The van der Waals surface area contributed by atoms with Gasteiger partial charge in [0.05, 0.1) is 0 Å². The Morgan fingerprint density at radius 1 is 1.62 bits per heavy atom. The first kappa shape index (κ1) is 10.6. The normalized spacial score (nSPS) is 24.8. The van der Waals surface area contributed by atoms with Crippen molar-refractivity contribution in [3.05, 3.63) is 0 Å². The summed E-state index contributed by atoms with van der Waals surface area (Å²) in [5.41, 5.74) is 0. The summed E-state index contributed by atoms with van der Waals surface area (Å²) in [5, 5.41) is 8.75. The molecule has 0 spiro atoms. The Labute approximate surface area is 83.1 Å². The van der Waals surface area contributed by atoms with Gasteiger partial charge in [-0.2, -0.15) is 0 Å². The summed E-state index contributed by atoms with van der Waals surface area (Å²) >= 11 is 5.63. The van der Waals surface area contributed by atoms with E-state index in [4.69, 9.17) is 16.7 Å². The lowest BCUT2D eigenvalue weighted by Gasteiger charge is -2.38. The van der Waals surface area contributed by atoms with Gasteiger partial charge in [-0.05, 0) is 6.92 Å². The molecular formula is C8H15ClN2O2. The molecule has 5 heteroatoms. The van der Waals surface area contributed by atoms with Gasteiger partial charge in [0.15, 0.2) is 0 Å². The minimum atomic E-state index is -0.822. The molecule has 1 fully saturated rings. The van der Waals surface area contributed by atoms with Crippen molar-refractivity contribution < 1.29 is 9.90 Å². The fraction of sp³-hybridized carbons (Fsp3) is 0.875. The molecule has 0 unspecified atom stereocenters. The predicted molar refractivity (Wildman–Crippen MR) is 51.4 cm³/mol. The second-order valence-electron chi connectivity index (χ2n) is 3.30. The lowest BCUT2D eigenvalue weighted by Crippen LogP contribution is -2.53. The summed E-state index contributed by atoms with van der Waals surface area (Å²) in [6.45, 7) is 4.85. The first-order valence-corrected chi connectivity index (χ1v) is 4.96. The molecule has 1 amide bonds. The number of hydrogen-bond acceptors (Lipinski definition) is 2. The topological polar surface area (TPSA) is 43.8 Å². The Bertz CT molecular complexity index is 189. The van der Waals surface area contributed by atoms with Crippen molar-refractivity contribution in [2.45, 2.75) is 13.0 Å². The highest BCUT2D eigenvalue weighted by molar-refractivity contribution is 6.18. The van der Waals surface area contributed by atoms with Crippen molar-refractivity contribution in [3.63, 3.8) is 0 Å². The highest BCUT2D eigenvalue weighted by atomic mass is 35.5. The van der Waals surface area contributed by atoms with E-state index in [2.05, 4.69) is 4.90 Å². The molecule has 1 rings (SSSR count). The zero-order valence-corrected chi connectivity index (χ0v) is 8.50. The van der Waals surface area contributed by atoms with Crippen molar-refractivity contribution in [2.24, 2.45) is 0 Å². The van der Waals surface area contributed by atoms with E-state index in [9.17, 15) is 4.79 Å². The molecule has 76 valence electrons. The number of rotatable bonds is 2. The quantitative estimate of drug-likeness (QED) is 0.684. The van der Waals surface area contributed by atoms with Crippen LogP contribution in [0, 0.1) is 0 Å². The summed E-state index contributed by atoms with van der Waals surface area (Å²) in [4.78, 5) is 14.3. The number of halogens is 1. The predicted octanol–water partition coefficient (Wildman–Crippen LogP) is 0.909. The van der Waals surface area contributed by atoms with Gasteiger partial charge in [0, 0.05) is 38.1 Å². The third kappa shape index (κ3) is 2.74. The van der Waals surface area contributed by atoms with Crippen LogP contribution in [-0.4, -0.2) is 59.1 Å². The van der Waals surface area contributed by atoms with E-state index >= 15 is 0 Å². The van der Waals surface area contributed by atoms with E-state index in [1.54, 1.807) is 0 Å². The minimum absolute atomic E-state index is 0.281. The lowest BCUT2D eigenvalue weighted by atomic mass is 10.2. The zero-order chi connectivity index (χ0) is 9.84. The third-order valence-electron chi connectivity index (χ3n) is 2.41. The summed E-state index contributed by atoms with van der Waals surface area (Å²) in [6.07, 6.45) is -0.822. The molecule has 0 bridgehead atoms. The number of amides is 1. The van der Waals surface area contributed by atoms with E-state index in [-0.39, 0.29) is 6.04 Å². The van der Waals surface area contributed by atoms with Gasteiger partial charge in [-0.25, -0.2) is 4.79 Å². The lowest BCUT2D eigenvalue weighted by molar-refractivity contribution is 0.0789. The first-order chi connectivity index (χ1) is 6.15. The Morgan fingerprint density at radius 2 is 2.31 bits per heavy atom. The largest absolute Gasteiger partial charge is 0.465 e. The van der Waals surface area contributed by atoms with Crippen LogP contribution in [0.1, 0.15) is 6.92 Å². The maximum Gasteiger partial charge on any atom is 0.407 e. The van der Waals surface area contributed by atoms with Crippen LogP contribution >= 0.6 is 11.6 Å². The minimum Gasteiger partial charge on any atom is -0.465 e. The van der Waals surface area contributed by atoms with Crippen molar-refractivity contribution in [1.82, 2.24) is 9.80 Å². The fourth-order valence-corrected chi connectivity index (χ4v) is 1.83. The molecule has 0 aromatic heterocycles. The van der Waals surface area contributed by atoms with Crippen LogP contribution in [0.5, 0.6) is 0 Å². The van der Waals surface area contributed by atoms with Crippen LogP contribution in [-0.2, 0) is 0 Å². The van der Waals surface area contributed by atoms with Crippen molar-refractivity contribution in [1.29, 1.82) is 0 Å². The Morgan fingerprint density at radius 3 is 2.77 bits per heavy atom. The molecule has 1 aliphatic heterocycles. The summed E-state index contributed by atoms with van der Waals surface area (Å²) in [5.74, 6) is 0.609. The van der Waals surface area contributed by atoms with Gasteiger partial charge in [0.2, 0.25) is 0 Å². The molecule has 1 N–H and O–H groups in total. The molecule has 0 aromatic carbocycles. The number of carbonyl (C=O) groups is 1. The molecule has 0 aliphatic carbocycles. The highest BCUT2D eigenvalue weighted by Gasteiger charge is 2.25. The fourth-order valence-electron chi connectivity index (χ4n) is 1.61. The summed E-state index contributed by atoms with van der Waals surface area (Å²) < 4.78 is 0. The standard InChI is InChI=1S/C8H15ClN2O2/c1-7-6-11(8(12)13)5-4-10(7)3-2-9/h7H,2-6H2,1H3,(H,12,13)/t7-/m0/s1. The van der Waals surface area contributed by atoms with Gasteiger partial charge >= 0.3 is 6.09 Å². The molecule has 0 saturated carbocycles. The molecule has 1 aliphatic rings. The van der Waals surface area contributed by atoms with Gasteiger partial charge < -0.3 is 10.0 Å². The molecule has 13 heavy (non-hydrogen) atoms. The molecular weight excluding hydrogens is 192 g/mol. The van der Waals surface area contributed by atoms with Gasteiger partial charge in [-0.15, -0.1) is 11.6 Å². The van der Waals surface area contributed by atoms with E-state index in [1.165, 1.54) is 4.90 Å². The van der Waals surface area contributed by atoms with Crippen molar-refractivity contribution in [3.8, 4) is 0 Å². The second kappa shape index (κ2) is 4.67. The highest BCUT2D eigenvalue weighted by Crippen LogP contribution is 2.09. The van der Waals surface area contributed by atoms with Crippen LogP contribution in [0.15, 0.2) is 0 Å². The van der Waals surface area contributed by atoms with E-state index < -0.39 is 6.09 Å². The SMILES string of the molecule is C[C@H]1CN(C(=O)O)CCN1CCCl. The third-order valence-corrected chi connectivity index (χ3v) is 2.58. The molecule has 0 radical (unpaired) electrons. The number of alkyl halides is 1. The molecule has 1 heterocycles. The average molecular weight is 207 g/mol. The van der Waals surface area contributed by atoms with Gasteiger partial charge in [0.1, 0.15) is 0 Å². The molecule has 1 atom stereocenters. The van der Waals surface area contributed by atoms with Gasteiger partial charge in [-0.1, -0.05) is 0 Å². The van der Waals surface area contributed by atoms with Crippen LogP contribution in [0.2, 0.25) is 0 Å². The van der Waals surface area contributed by atoms with E-state index in [1.807, 2.05) is 6.92 Å². The van der Waals surface area contributed by atoms with Crippen LogP contribution < -0.4 is 0 Å². The van der Waals surface area contributed by atoms with Crippen molar-refractivity contribution in [2.75, 3.05) is 32.1 Å². The number of nitrogens with zero attached hydrogens (tertiary/aromatic N) is 2. The van der Waals surface area contributed by atoms with E-state index in [0.717, 1.165) is 13.1 Å². The Kier molecular flexibility index (Phi) is 3.81. The average Bonchev–Trinajstić information content (AvgIpc) is 2.08. The van der Waals surface area contributed by atoms with Crippen LogP contribution in [0.4, 0.5) is 4.79 Å². The summed E-state index contributed by atoms with van der Waals surface area (Å²) in [6, 6.07) is 0.281. The van der Waals surface area contributed by atoms with Crippen LogP contribution in [0.3, 0.4) is 0 Å². The summed E-state index contributed by atoms with van der Waals surface area (Å²) in [7, 11) is 0. The maximum absolute atomic E-state index is 10.6. The Hall–Kier alpha value is -0.480.